The number of hydrogen-bond donors (Lipinski definition) is 4. The van der Waals surface area contributed by atoms with Gasteiger partial charge in [-0.2, -0.15) is 0 Å². The SMILES string of the molecule is CN=C(NCc1ccc(C(=O)NCC(N)=O)cc1)NCC(C)(C)c1cccc(F)c1.I. The Morgan fingerprint density at radius 3 is 2.32 bits per heavy atom. The van der Waals surface area contributed by atoms with E-state index >= 15 is 0 Å². The third-order valence-corrected chi connectivity index (χ3v) is 4.63. The van der Waals surface area contributed by atoms with Crippen molar-refractivity contribution < 1.29 is 14.0 Å². The summed E-state index contributed by atoms with van der Waals surface area (Å²) in [5.74, 6) is -0.591. The fourth-order valence-corrected chi connectivity index (χ4v) is 2.77. The monoisotopic (exact) mass is 541 g/mol. The summed E-state index contributed by atoms with van der Waals surface area (Å²) < 4.78 is 13.5. The van der Waals surface area contributed by atoms with E-state index in [1.54, 1.807) is 31.3 Å². The molecule has 0 aliphatic carbocycles. The number of carbonyl (C=O) groups excluding carboxylic acids is 2. The Hall–Kier alpha value is -2.69. The predicted molar refractivity (Wildman–Crippen MR) is 131 cm³/mol. The molecule has 31 heavy (non-hydrogen) atoms. The predicted octanol–water partition coefficient (Wildman–Crippen LogP) is 2.30. The quantitative estimate of drug-likeness (QED) is 0.234. The van der Waals surface area contributed by atoms with Gasteiger partial charge in [-0.3, -0.25) is 14.6 Å². The van der Waals surface area contributed by atoms with Gasteiger partial charge in [-0.1, -0.05) is 38.1 Å². The second-order valence-corrected chi connectivity index (χ2v) is 7.52. The van der Waals surface area contributed by atoms with Crippen molar-refractivity contribution in [2.24, 2.45) is 10.7 Å². The molecule has 0 heterocycles. The van der Waals surface area contributed by atoms with E-state index < -0.39 is 5.91 Å². The van der Waals surface area contributed by atoms with Crippen LogP contribution in [0.2, 0.25) is 0 Å². The van der Waals surface area contributed by atoms with Crippen molar-refractivity contribution in [2.45, 2.75) is 25.8 Å². The number of rotatable bonds is 8. The van der Waals surface area contributed by atoms with Crippen LogP contribution >= 0.6 is 24.0 Å². The Morgan fingerprint density at radius 2 is 1.74 bits per heavy atom. The molecule has 0 unspecified atom stereocenters. The number of guanidine groups is 1. The highest BCUT2D eigenvalue weighted by molar-refractivity contribution is 14.0. The lowest BCUT2D eigenvalue weighted by Gasteiger charge is -2.27. The van der Waals surface area contributed by atoms with E-state index in [2.05, 4.69) is 20.9 Å². The first kappa shape index (κ1) is 26.3. The van der Waals surface area contributed by atoms with Crippen molar-refractivity contribution in [2.75, 3.05) is 20.1 Å². The van der Waals surface area contributed by atoms with Gasteiger partial charge in [-0.05, 0) is 35.4 Å². The van der Waals surface area contributed by atoms with E-state index in [1.807, 2.05) is 32.0 Å². The summed E-state index contributed by atoms with van der Waals surface area (Å²) in [7, 11) is 1.68. The van der Waals surface area contributed by atoms with Crippen LogP contribution in [0, 0.1) is 5.82 Å². The number of nitrogens with zero attached hydrogens (tertiary/aromatic N) is 1. The van der Waals surface area contributed by atoms with E-state index in [0.717, 1.165) is 11.1 Å². The Labute approximate surface area is 199 Å². The highest BCUT2D eigenvalue weighted by atomic mass is 127. The zero-order valence-corrected chi connectivity index (χ0v) is 20.2. The second kappa shape index (κ2) is 12.2. The van der Waals surface area contributed by atoms with Crippen LogP contribution in [-0.4, -0.2) is 37.9 Å². The van der Waals surface area contributed by atoms with Crippen molar-refractivity contribution in [3.05, 3.63) is 71.0 Å². The molecule has 0 radical (unpaired) electrons. The standard InChI is InChI=1S/C22H28FN5O2.HI/c1-22(2,17-5-4-6-18(23)11-17)14-28-21(25-3)27-12-15-7-9-16(10-8-15)20(30)26-13-19(24)29;/h4-11H,12-14H2,1-3H3,(H2,24,29)(H,26,30)(H2,25,27,28);1H. The van der Waals surface area contributed by atoms with Crippen LogP contribution in [0.1, 0.15) is 35.3 Å². The van der Waals surface area contributed by atoms with Gasteiger partial charge >= 0.3 is 0 Å². The molecule has 0 bridgehead atoms. The van der Waals surface area contributed by atoms with Crippen molar-refractivity contribution in [3.8, 4) is 0 Å². The molecule has 9 heteroatoms. The molecule has 0 atom stereocenters. The molecular formula is C22H29FIN5O2. The van der Waals surface area contributed by atoms with Crippen LogP contribution in [0.15, 0.2) is 53.5 Å². The van der Waals surface area contributed by atoms with Crippen LogP contribution in [0.3, 0.4) is 0 Å². The van der Waals surface area contributed by atoms with E-state index in [4.69, 9.17) is 5.73 Å². The summed E-state index contributed by atoms with van der Waals surface area (Å²) in [6, 6.07) is 13.6. The summed E-state index contributed by atoms with van der Waals surface area (Å²) in [4.78, 5) is 26.9. The summed E-state index contributed by atoms with van der Waals surface area (Å²) >= 11 is 0. The van der Waals surface area contributed by atoms with Crippen LogP contribution in [0.5, 0.6) is 0 Å². The summed E-state index contributed by atoms with van der Waals surface area (Å²) in [6.07, 6.45) is 0. The van der Waals surface area contributed by atoms with Gasteiger partial charge in [0.1, 0.15) is 5.82 Å². The lowest BCUT2D eigenvalue weighted by atomic mass is 9.84. The van der Waals surface area contributed by atoms with Crippen LogP contribution in [0.4, 0.5) is 4.39 Å². The van der Waals surface area contributed by atoms with Crippen LogP contribution < -0.4 is 21.7 Å². The summed E-state index contributed by atoms with van der Waals surface area (Å²) in [5, 5.41) is 8.92. The molecule has 2 aromatic carbocycles. The van der Waals surface area contributed by atoms with E-state index in [9.17, 15) is 14.0 Å². The van der Waals surface area contributed by atoms with Crippen molar-refractivity contribution in [3.63, 3.8) is 0 Å². The van der Waals surface area contributed by atoms with Gasteiger partial charge in [-0.15, -0.1) is 24.0 Å². The first-order chi connectivity index (χ1) is 14.2. The molecule has 0 saturated heterocycles. The highest BCUT2D eigenvalue weighted by Gasteiger charge is 2.21. The fourth-order valence-electron chi connectivity index (χ4n) is 2.77. The van der Waals surface area contributed by atoms with Gasteiger partial charge < -0.3 is 21.7 Å². The second-order valence-electron chi connectivity index (χ2n) is 7.52. The van der Waals surface area contributed by atoms with Gasteiger partial charge in [0.05, 0.1) is 6.54 Å². The molecule has 168 valence electrons. The topological polar surface area (TPSA) is 109 Å². The largest absolute Gasteiger partial charge is 0.368 e. The Morgan fingerprint density at radius 1 is 1.06 bits per heavy atom. The molecule has 0 fully saturated rings. The first-order valence-electron chi connectivity index (χ1n) is 9.57. The molecule has 0 spiro atoms. The number of aliphatic imine (C=N–C) groups is 1. The van der Waals surface area contributed by atoms with E-state index in [-0.39, 0.29) is 47.7 Å². The number of halogens is 2. The Bertz CT molecular complexity index is 916. The third kappa shape index (κ3) is 8.52. The van der Waals surface area contributed by atoms with Crippen molar-refractivity contribution in [1.29, 1.82) is 0 Å². The smallest absolute Gasteiger partial charge is 0.251 e. The zero-order valence-electron chi connectivity index (χ0n) is 17.9. The first-order valence-corrected chi connectivity index (χ1v) is 9.57. The fraction of sp³-hybridized carbons (Fsp3) is 0.318. The van der Waals surface area contributed by atoms with Crippen LogP contribution in [0.25, 0.3) is 0 Å². The maximum Gasteiger partial charge on any atom is 0.251 e. The van der Waals surface area contributed by atoms with Crippen molar-refractivity contribution in [1.82, 2.24) is 16.0 Å². The molecule has 2 amide bonds. The van der Waals surface area contributed by atoms with Crippen molar-refractivity contribution >= 4 is 41.8 Å². The minimum atomic E-state index is -0.594. The average Bonchev–Trinajstić information content (AvgIpc) is 2.72. The summed E-state index contributed by atoms with van der Waals surface area (Å²) in [5.41, 5.74) is 7.02. The maximum absolute atomic E-state index is 13.5. The molecule has 2 aromatic rings. The van der Waals surface area contributed by atoms with Crippen LogP contribution in [-0.2, 0) is 16.8 Å². The number of nitrogens with one attached hydrogen (secondary N) is 3. The number of benzene rings is 2. The average molecular weight is 541 g/mol. The van der Waals surface area contributed by atoms with Gasteiger partial charge in [0.2, 0.25) is 5.91 Å². The van der Waals surface area contributed by atoms with Gasteiger partial charge in [0, 0.05) is 31.1 Å². The number of hydrogen-bond acceptors (Lipinski definition) is 3. The lowest BCUT2D eigenvalue weighted by Crippen LogP contribution is -2.43. The highest BCUT2D eigenvalue weighted by Crippen LogP contribution is 2.22. The molecule has 7 nitrogen and oxygen atoms in total. The zero-order chi connectivity index (χ0) is 22.1. The van der Waals surface area contributed by atoms with Gasteiger partial charge in [0.25, 0.3) is 5.91 Å². The Kier molecular flexibility index (Phi) is 10.4. The number of nitrogens with two attached hydrogens (primary N) is 1. The molecule has 0 aliphatic rings. The molecule has 0 saturated carbocycles. The molecule has 0 aromatic heterocycles. The van der Waals surface area contributed by atoms with E-state index in [1.165, 1.54) is 6.07 Å². The summed E-state index contributed by atoms with van der Waals surface area (Å²) in [6.45, 7) is 4.93. The minimum absolute atomic E-state index is 0. The Balaban J connectivity index is 0.00000480. The molecule has 5 N–H and O–H groups in total. The third-order valence-electron chi connectivity index (χ3n) is 4.63. The number of primary amides is 1. The van der Waals surface area contributed by atoms with Gasteiger partial charge in [0.15, 0.2) is 5.96 Å². The normalized spacial score (nSPS) is 11.3. The maximum atomic E-state index is 13.5. The molecule has 2 rings (SSSR count). The minimum Gasteiger partial charge on any atom is -0.368 e. The molecular weight excluding hydrogens is 512 g/mol. The number of amides is 2. The number of carbonyl (C=O) groups is 2. The van der Waals surface area contributed by atoms with E-state index in [0.29, 0.717) is 24.6 Å². The lowest BCUT2D eigenvalue weighted by molar-refractivity contribution is -0.117. The molecule has 0 aliphatic heterocycles. The van der Waals surface area contributed by atoms with Gasteiger partial charge in [-0.25, -0.2) is 4.39 Å².